The van der Waals surface area contributed by atoms with Gasteiger partial charge in [-0.2, -0.15) is 0 Å². The lowest BCUT2D eigenvalue weighted by atomic mass is 10.1. The molecule has 0 atom stereocenters. The zero-order chi connectivity index (χ0) is 13.1. The van der Waals surface area contributed by atoms with Crippen LogP contribution in [0, 0.1) is 12.7 Å². The lowest BCUT2D eigenvalue weighted by molar-refractivity contribution is 0.628. The van der Waals surface area contributed by atoms with Gasteiger partial charge in [0, 0.05) is 16.8 Å². The fourth-order valence-corrected chi connectivity index (χ4v) is 1.80. The van der Waals surface area contributed by atoms with Crippen molar-refractivity contribution >= 4 is 5.82 Å². The second kappa shape index (κ2) is 5.10. The maximum Gasteiger partial charge on any atom is 0.161 e. The maximum absolute atomic E-state index is 13.2. The van der Waals surface area contributed by atoms with Crippen LogP contribution in [-0.4, -0.2) is 9.97 Å². The SMILES string of the molecule is CCc1nc(-c2cccc(F)c2)nc(NN)c1C. The van der Waals surface area contributed by atoms with Crippen LogP contribution < -0.4 is 11.3 Å². The lowest BCUT2D eigenvalue weighted by Gasteiger charge is -2.11. The molecule has 1 aromatic heterocycles. The molecule has 0 saturated heterocycles. The summed E-state index contributed by atoms with van der Waals surface area (Å²) < 4.78 is 13.2. The van der Waals surface area contributed by atoms with Crippen LogP contribution in [0.25, 0.3) is 11.4 Å². The third kappa shape index (κ3) is 2.31. The summed E-state index contributed by atoms with van der Waals surface area (Å²) in [4.78, 5) is 8.73. The lowest BCUT2D eigenvalue weighted by Crippen LogP contribution is -2.13. The van der Waals surface area contributed by atoms with E-state index in [1.165, 1.54) is 12.1 Å². The molecule has 0 spiro atoms. The van der Waals surface area contributed by atoms with Crippen molar-refractivity contribution in [1.82, 2.24) is 9.97 Å². The van der Waals surface area contributed by atoms with Gasteiger partial charge in [0.15, 0.2) is 5.82 Å². The molecule has 3 N–H and O–H groups in total. The summed E-state index contributed by atoms with van der Waals surface area (Å²) in [6.07, 6.45) is 0.769. The van der Waals surface area contributed by atoms with E-state index in [1.54, 1.807) is 12.1 Å². The number of nitrogen functional groups attached to an aromatic ring is 1. The zero-order valence-corrected chi connectivity index (χ0v) is 10.4. The first-order valence-corrected chi connectivity index (χ1v) is 5.75. The van der Waals surface area contributed by atoms with Crippen LogP contribution >= 0.6 is 0 Å². The van der Waals surface area contributed by atoms with Gasteiger partial charge in [-0.1, -0.05) is 19.1 Å². The van der Waals surface area contributed by atoms with Gasteiger partial charge in [0.1, 0.15) is 11.6 Å². The highest BCUT2D eigenvalue weighted by atomic mass is 19.1. The van der Waals surface area contributed by atoms with Crippen molar-refractivity contribution < 1.29 is 4.39 Å². The average molecular weight is 246 g/mol. The molecular formula is C13H15FN4. The Kier molecular flexibility index (Phi) is 3.53. The molecule has 0 aliphatic heterocycles. The summed E-state index contributed by atoms with van der Waals surface area (Å²) in [5.74, 6) is 6.18. The van der Waals surface area contributed by atoms with E-state index in [2.05, 4.69) is 15.4 Å². The van der Waals surface area contributed by atoms with Crippen molar-refractivity contribution in [3.8, 4) is 11.4 Å². The monoisotopic (exact) mass is 246 g/mol. The van der Waals surface area contributed by atoms with Crippen LogP contribution in [0.15, 0.2) is 24.3 Å². The molecule has 94 valence electrons. The minimum absolute atomic E-state index is 0.308. The molecule has 1 aromatic carbocycles. The molecule has 0 saturated carbocycles. The van der Waals surface area contributed by atoms with Crippen molar-refractivity contribution in [3.63, 3.8) is 0 Å². The van der Waals surface area contributed by atoms with Crippen LogP contribution in [0.3, 0.4) is 0 Å². The van der Waals surface area contributed by atoms with E-state index >= 15 is 0 Å². The number of aryl methyl sites for hydroxylation is 1. The Balaban J connectivity index is 2.58. The number of nitrogens with one attached hydrogen (secondary N) is 1. The Bertz CT molecular complexity index is 544. The van der Waals surface area contributed by atoms with E-state index in [4.69, 9.17) is 5.84 Å². The topological polar surface area (TPSA) is 63.8 Å². The summed E-state index contributed by atoms with van der Waals surface area (Å²) in [6, 6.07) is 6.20. The summed E-state index contributed by atoms with van der Waals surface area (Å²) in [5.41, 5.74) is 5.01. The number of hydrogen-bond acceptors (Lipinski definition) is 4. The molecule has 2 aromatic rings. The van der Waals surface area contributed by atoms with Crippen LogP contribution in [0.2, 0.25) is 0 Å². The molecule has 0 bridgehead atoms. The van der Waals surface area contributed by atoms with E-state index in [1.807, 2.05) is 13.8 Å². The number of hydrogen-bond donors (Lipinski definition) is 2. The van der Waals surface area contributed by atoms with E-state index in [0.717, 1.165) is 17.7 Å². The number of halogens is 1. The summed E-state index contributed by atoms with van der Waals surface area (Å²) in [5, 5.41) is 0. The number of anilines is 1. The standard InChI is InChI=1S/C13H15FN4/c1-3-11-8(2)12(18-15)17-13(16-11)9-5-4-6-10(14)7-9/h4-7H,3,15H2,1-2H3,(H,16,17,18). The normalized spacial score (nSPS) is 10.4. The van der Waals surface area contributed by atoms with Crippen molar-refractivity contribution in [2.45, 2.75) is 20.3 Å². The van der Waals surface area contributed by atoms with Gasteiger partial charge in [-0.25, -0.2) is 20.2 Å². The van der Waals surface area contributed by atoms with E-state index in [-0.39, 0.29) is 5.82 Å². The molecule has 2 rings (SSSR count). The van der Waals surface area contributed by atoms with Gasteiger partial charge in [-0.15, -0.1) is 0 Å². The maximum atomic E-state index is 13.2. The number of nitrogens with two attached hydrogens (primary N) is 1. The van der Waals surface area contributed by atoms with Crippen molar-refractivity contribution in [3.05, 3.63) is 41.3 Å². The molecular weight excluding hydrogens is 231 g/mol. The van der Waals surface area contributed by atoms with Crippen molar-refractivity contribution in [1.29, 1.82) is 0 Å². The van der Waals surface area contributed by atoms with Crippen LogP contribution in [0.4, 0.5) is 10.2 Å². The fourth-order valence-electron chi connectivity index (χ4n) is 1.80. The Labute approximate surface area is 105 Å². The average Bonchev–Trinajstić information content (AvgIpc) is 2.39. The first-order valence-electron chi connectivity index (χ1n) is 5.75. The Morgan fingerprint density at radius 1 is 1.33 bits per heavy atom. The van der Waals surface area contributed by atoms with Gasteiger partial charge < -0.3 is 5.43 Å². The van der Waals surface area contributed by atoms with E-state index in [0.29, 0.717) is 17.2 Å². The summed E-state index contributed by atoms with van der Waals surface area (Å²) in [6.45, 7) is 3.91. The van der Waals surface area contributed by atoms with Gasteiger partial charge in [0.05, 0.1) is 0 Å². The minimum atomic E-state index is -0.308. The molecule has 5 heteroatoms. The number of rotatable bonds is 3. The first kappa shape index (κ1) is 12.4. The third-order valence-electron chi connectivity index (χ3n) is 2.80. The number of hydrazine groups is 1. The second-order valence-electron chi connectivity index (χ2n) is 3.98. The van der Waals surface area contributed by atoms with E-state index < -0.39 is 0 Å². The summed E-state index contributed by atoms with van der Waals surface area (Å²) >= 11 is 0. The molecule has 18 heavy (non-hydrogen) atoms. The Morgan fingerprint density at radius 3 is 2.72 bits per heavy atom. The number of nitrogens with zero attached hydrogens (tertiary/aromatic N) is 2. The second-order valence-corrected chi connectivity index (χ2v) is 3.98. The largest absolute Gasteiger partial charge is 0.308 e. The Hall–Kier alpha value is -2.01. The van der Waals surface area contributed by atoms with Crippen LogP contribution in [-0.2, 0) is 6.42 Å². The highest BCUT2D eigenvalue weighted by Gasteiger charge is 2.10. The number of aromatic nitrogens is 2. The van der Waals surface area contributed by atoms with Gasteiger partial charge >= 0.3 is 0 Å². The molecule has 0 aliphatic carbocycles. The first-order chi connectivity index (χ1) is 8.65. The third-order valence-corrected chi connectivity index (χ3v) is 2.80. The predicted octanol–water partition coefficient (Wildman–Crippen LogP) is 2.44. The van der Waals surface area contributed by atoms with Crippen LogP contribution in [0.5, 0.6) is 0 Å². The minimum Gasteiger partial charge on any atom is -0.308 e. The van der Waals surface area contributed by atoms with Crippen molar-refractivity contribution in [2.75, 3.05) is 5.43 Å². The fraction of sp³-hybridized carbons (Fsp3) is 0.231. The smallest absolute Gasteiger partial charge is 0.161 e. The highest BCUT2D eigenvalue weighted by Crippen LogP contribution is 2.22. The molecule has 0 radical (unpaired) electrons. The van der Waals surface area contributed by atoms with Gasteiger partial charge in [-0.05, 0) is 25.5 Å². The Morgan fingerprint density at radius 2 is 2.11 bits per heavy atom. The van der Waals surface area contributed by atoms with Gasteiger partial charge in [-0.3, -0.25) is 0 Å². The quantitative estimate of drug-likeness (QED) is 0.645. The summed E-state index contributed by atoms with van der Waals surface area (Å²) in [7, 11) is 0. The predicted molar refractivity (Wildman–Crippen MR) is 69.4 cm³/mol. The van der Waals surface area contributed by atoms with Crippen LogP contribution in [0.1, 0.15) is 18.2 Å². The molecule has 0 amide bonds. The molecule has 4 nitrogen and oxygen atoms in total. The number of benzene rings is 1. The highest BCUT2D eigenvalue weighted by molar-refractivity contribution is 5.59. The molecule has 1 heterocycles. The van der Waals surface area contributed by atoms with Gasteiger partial charge in [0.25, 0.3) is 0 Å². The van der Waals surface area contributed by atoms with Crippen molar-refractivity contribution in [2.24, 2.45) is 5.84 Å². The molecule has 0 aliphatic rings. The zero-order valence-electron chi connectivity index (χ0n) is 10.4. The molecule has 0 fully saturated rings. The molecule has 0 unspecified atom stereocenters. The van der Waals surface area contributed by atoms with E-state index in [9.17, 15) is 4.39 Å². The van der Waals surface area contributed by atoms with Gasteiger partial charge in [0.2, 0.25) is 0 Å².